The molecular weight excluding hydrogens is 590 g/mol. The van der Waals surface area contributed by atoms with Gasteiger partial charge in [0.1, 0.15) is 30.5 Å². The van der Waals surface area contributed by atoms with Crippen molar-refractivity contribution in [1.29, 1.82) is 0 Å². The summed E-state index contributed by atoms with van der Waals surface area (Å²) in [6, 6.07) is 5.52. The first-order chi connectivity index (χ1) is 21.3. The molecule has 1 aliphatic heterocycles. The van der Waals surface area contributed by atoms with E-state index in [4.69, 9.17) is 4.74 Å². The lowest BCUT2D eigenvalue weighted by Crippen LogP contribution is -2.62. The number of aliphatic hydroxyl groups excluding tert-OH is 1. The van der Waals surface area contributed by atoms with Gasteiger partial charge in [-0.1, -0.05) is 66.2 Å². The number of para-hydroxylation sites is 1. The molecule has 0 spiro atoms. The second-order valence-electron chi connectivity index (χ2n) is 15.2. The molecule has 0 aromatic heterocycles. The van der Waals surface area contributed by atoms with Crippen molar-refractivity contribution in [3.63, 3.8) is 0 Å². The van der Waals surface area contributed by atoms with Crippen LogP contribution >= 0.6 is 0 Å². The fraction of sp³-hybridized carbons (Fsp3) is 0.676. The number of hydrogen-bond acceptors (Lipinski definition) is 7. The van der Waals surface area contributed by atoms with E-state index in [0.29, 0.717) is 18.7 Å². The Hall–Kier alpha value is -3.67. The van der Waals surface area contributed by atoms with Gasteiger partial charge in [0.2, 0.25) is 17.6 Å². The number of benzene rings is 1. The van der Waals surface area contributed by atoms with Crippen molar-refractivity contribution in [3.8, 4) is 5.75 Å². The van der Waals surface area contributed by atoms with Gasteiger partial charge in [-0.25, -0.2) is 4.79 Å². The predicted octanol–water partition coefficient (Wildman–Crippen LogP) is 2.39. The highest BCUT2D eigenvalue weighted by atomic mass is 16.5. The van der Waals surface area contributed by atoms with Gasteiger partial charge in [0.05, 0.1) is 6.04 Å². The molecule has 1 aliphatic carbocycles. The van der Waals surface area contributed by atoms with E-state index >= 15 is 0 Å². The van der Waals surface area contributed by atoms with Crippen LogP contribution in [0, 0.1) is 22.7 Å². The number of amides is 5. The van der Waals surface area contributed by atoms with Crippen molar-refractivity contribution in [3.05, 3.63) is 30.3 Å². The van der Waals surface area contributed by atoms with E-state index in [0.717, 1.165) is 0 Å². The van der Waals surface area contributed by atoms with Crippen LogP contribution < -0.4 is 26.0 Å². The van der Waals surface area contributed by atoms with Gasteiger partial charge in [0.15, 0.2) is 0 Å². The molecular formula is C34H53N5O7. The second kappa shape index (κ2) is 14.4. The number of rotatable bonds is 13. The fourth-order valence-electron chi connectivity index (χ4n) is 6.17. The topological polar surface area (TPSA) is 166 Å². The van der Waals surface area contributed by atoms with Gasteiger partial charge in [-0.15, -0.1) is 0 Å². The molecule has 12 heteroatoms. The molecule has 1 saturated carbocycles. The Bertz CT molecular complexity index is 1270. The lowest BCUT2D eigenvalue weighted by Gasteiger charge is -2.38. The van der Waals surface area contributed by atoms with E-state index in [9.17, 15) is 29.1 Å². The monoisotopic (exact) mass is 643 g/mol. The van der Waals surface area contributed by atoms with Gasteiger partial charge in [0.25, 0.3) is 5.91 Å². The summed E-state index contributed by atoms with van der Waals surface area (Å²) in [5, 5.41) is 21.1. The zero-order valence-electron chi connectivity index (χ0n) is 28.7. The number of ether oxygens (including phenoxy) is 1. The number of likely N-dealkylation sites (tertiary alicyclic amines) is 1. The summed E-state index contributed by atoms with van der Waals surface area (Å²) in [4.78, 5) is 68.4. The Morgan fingerprint density at radius 1 is 1.02 bits per heavy atom. The highest BCUT2D eigenvalue weighted by molar-refractivity contribution is 6.38. The SMILES string of the molecule is CCCC(NC(=O)[C@@H]1[C@@H]2[C@H](CN1C(=O)[C@@H](NC(=O)NC(C)(C)C)C(C)(C)C)C2(C)C)C(=O)C(=O)NCC(O)COc1ccccc1. The largest absolute Gasteiger partial charge is 0.491 e. The standard InChI is InChI=1S/C34H53N5O7/c1-10-14-23(26(41)29(43)35-17-20(40)19-46-21-15-12-11-13-16-21)36-28(42)25-24-22(34(24,8)9)18-39(25)30(44)27(32(2,3)4)37-31(45)38-33(5,6)7/h11-13,15-16,20,22-25,27,40H,10,14,17-19H2,1-9H3,(H,35,43)(H,36,42)(H2,37,38,45)/t20?,22-,23?,24-,25-,27+/m0/s1. The number of hydrogen-bond donors (Lipinski definition) is 5. The van der Waals surface area contributed by atoms with Crippen molar-refractivity contribution in [1.82, 2.24) is 26.2 Å². The number of piperidine rings is 1. The number of ketones is 1. The number of nitrogens with one attached hydrogen (secondary N) is 4. The van der Waals surface area contributed by atoms with E-state index in [1.807, 2.05) is 54.5 Å². The molecule has 0 bridgehead atoms. The Balaban J connectivity index is 1.70. The van der Waals surface area contributed by atoms with Gasteiger partial charge in [0, 0.05) is 18.6 Å². The molecule has 2 fully saturated rings. The van der Waals surface area contributed by atoms with Gasteiger partial charge in [-0.3, -0.25) is 19.2 Å². The molecule has 0 radical (unpaired) electrons. The molecule has 12 nitrogen and oxygen atoms in total. The Kier molecular flexibility index (Phi) is 11.5. The Morgan fingerprint density at radius 3 is 2.22 bits per heavy atom. The third-order valence-electron chi connectivity index (χ3n) is 8.76. The number of carbonyl (C=O) groups excluding carboxylic acids is 5. The Morgan fingerprint density at radius 2 is 1.65 bits per heavy atom. The van der Waals surface area contributed by atoms with Gasteiger partial charge in [-0.2, -0.15) is 0 Å². The summed E-state index contributed by atoms with van der Waals surface area (Å²) in [7, 11) is 0. The normalized spacial score (nSPS) is 22.0. The van der Waals surface area contributed by atoms with Gasteiger partial charge < -0.3 is 36.0 Å². The summed E-state index contributed by atoms with van der Waals surface area (Å²) < 4.78 is 5.49. The third-order valence-corrected chi connectivity index (χ3v) is 8.76. The van der Waals surface area contributed by atoms with Crippen molar-refractivity contribution >= 4 is 29.5 Å². The molecule has 6 atom stereocenters. The van der Waals surface area contributed by atoms with E-state index in [1.165, 1.54) is 4.90 Å². The van der Waals surface area contributed by atoms with Crippen LogP contribution in [0.3, 0.4) is 0 Å². The van der Waals surface area contributed by atoms with Crippen LogP contribution in [0.25, 0.3) is 0 Å². The van der Waals surface area contributed by atoms with Crippen LogP contribution in [0.4, 0.5) is 4.79 Å². The number of Topliss-reactive ketones (excluding diaryl/α,β-unsaturated/α-hetero) is 1. The molecule has 5 amide bonds. The average molecular weight is 644 g/mol. The summed E-state index contributed by atoms with van der Waals surface area (Å²) in [6.45, 7) is 17.1. The number of aliphatic hydroxyl groups is 1. The summed E-state index contributed by atoms with van der Waals surface area (Å²) in [6.07, 6.45) is -0.325. The maximum Gasteiger partial charge on any atom is 0.315 e. The smallest absolute Gasteiger partial charge is 0.315 e. The van der Waals surface area contributed by atoms with Crippen LogP contribution in [0.5, 0.6) is 5.75 Å². The summed E-state index contributed by atoms with van der Waals surface area (Å²) in [5.41, 5.74) is -1.36. The maximum atomic E-state index is 14.1. The number of fused-ring (bicyclic) bond motifs is 1. The highest BCUT2D eigenvalue weighted by Gasteiger charge is 2.70. The molecule has 3 rings (SSSR count). The van der Waals surface area contributed by atoms with E-state index in [1.54, 1.807) is 24.3 Å². The minimum atomic E-state index is -1.11. The minimum Gasteiger partial charge on any atom is -0.491 e. The summed E-state index contributed by atoms with van der Waals surface area (Å²) >= 11 is 0. The molecule has 256 valence electrons. The quantitative estimate of drug-likeness (QED) is 0.206. The van der Waals surface area contributed by atoms with Crippen molar-refractivity contribution in [2.75, 3.05) is 19.7 Å². The first-order valence-electron chi connectivity index (χ1n) is 16.2. The maximum absolute atomic E-state index is 14.1. The molecule has 2 unspecified atom stereocenters. The second-order valence-corrected chi connectivity index (χ2v) is 15.2. The van der Waals surface area contributed by atoms with Crippen molar-refractivity contribution in [2.24, 2.45) is 22.7 Å². The summed E-state index contributed by atoms with van der Waals surface area (Å²) in [5.74, 6) is -2.12. The van der Waals surface area contributed by atoms with Crippen molar-refractivity contribution in [2.45, 2.75) is 105 Å². The van der Waals surface area contributed by atoms with E-state index in [2.05, 4.69) is 35.1 Å². The average Bonchev–Trinajstić information content (AvgIpc) is 3.27. The van der Waals surface area contributed by atoms with Crippen molar-refractivity contribution < 1.29 is 33.8 Å². The fourth-order valence-corrected chi connectivity index (χ4v) is 6.17. The molecule has 2 aliphatic rings. The van der Waals surface area contributed by atoms with Crippen LogP contribution in [0.1, 0.15) is 75.2 Å². The minimum absolute atomic E-state index is 0.0828. The first kappa shape index (κ1) is 36.8. The third kappa shape index (κ3) is 9.20. The molecule has 1 saturated heterocycles. The molecule has 1 aromatic carbocycles. The predicted molar refractivity (Wildman–Crippen MR) is 174 cm³/mol. The zero-order valence-corrected chi connectivity index (χ0v) is 28.7. The number of nitrogens with zero attached hydrogens (tertiary/aromatic N) is 1. The van der Waals surface area contributed by atoms with Gasteiger partial charge in [-0.05, 0) is 62.0 Å². The van der Waals surface area contributed by atoms with E-state index in [-0.39, 0.29) is 42.7 Å². The molecule has 1 heterocycles. The van der Waals surface area contributed by atoms with Crippen LogP contribution in [0.15, 0.2) is 30.3 Å². The molecule has 46 heavy (non-hydrogen) atoms. The Labute approximate surface area is 272 Å². The number of urea groups is 1. The molecule has 1 aromatic rings. The van der Waals surface area contributed by atoms with E-state index < -0.39 is 58.8 Å². The lowest BCUT2D eigenvalue weighted by atomic mass is 9.85. The number of carbonyl (C=O) groups is 5. The van der Waals surface area contributed by atoms with Crippen LogP contribution in [-0.2, 0) is 19.2 Å². The lowest BCUT2D eigenvalue weighted by molar-refractivity contribution is -0.145. The van der Waals surface area contributed by atoms with Crippen LogP contribution in [0.2, 0.25) is 0 Å². The van der Waals surface area contributed by atoms with Crippen LogP contribution in [-0.4, -0.2) is 89.0 Å². The molecule has 5 N–H and O–H groups in total. The van der Waals surface area contributed by atoms with Gasteiger partial charge >= 0.3 is 6.03 Å². The zero-order chi connectivity index (χ0) is 34.6. The first-order valence-corrected chi connectivity index (χ1v) is 16.2. The highest BCUT2D eigenvalue weighted by Crippen LogP contribution is 2.65.